The first-order chi connectivity index (χ1) is 9.06. The summed E-state index contributed by atoms with van der Waals surface area (Å²) in [5.41, 5.74) is 0.422. The molecule has 0 radical (unpaired) electrons. The number of carbonyl (C=O) groups is 1. The van der Waals surface area contributed by atoms with E-state index in [4.69, 9.17) is 17.4 Å². The number of nitrogens with one attached hydrogen (secondary N) is 1. The minimum atomic E-state index is -0.537. The summed E-state index contributed by atoms with van der Waals surface area (Å²) in [6, 6.07) is 3.95. The Morgan fingerprint density at radius 1 is 1.58 bits per heavy atom. The molecule has 0 aliphatic heterocycles. The van der Waals surface area contributed by atoms with Gasteiger partial charge in [-0.15, -0.1) is 10.2 Å². The van der Waals surface area contributed by atoms with Crippen LogP contribution in [0.2, 0.25) is 5.02 Å². The van der Waals surface area contributed by atoms with E-state index in [9.17, 15) is 9.18 Å². The van der Waals surface area contributed by atoms with Crippen molar-refractivity contribution in [3.05, 3.63) is 35.4 Å². The molecule has 1 aromatic carbocycles. The van der Waals surface area contributed by atoms with Gasteiger partial charge in [0.2, 0.25) is 11.1 Å². The minimum Gasteiger partial charge on any atom is -0.336 e. The number of hydrogen-bond donors (Lipinski definition) is 2. The fraction of sp³-hybridized carbons (Fsp3) is 0.100. The smallest absolute Gasteiger partial charge is 0.234 e. The largest absolute Gasteiger partial charge is 0.336 e. The molecular formula is C10H9ClFN5OS. The lowest BCUT2D eigenvalue weighted by molar-refractivity contribution is -0.113. The van der Waals surface area contributed by atoms with Gasteiger partial charge in [0, 0.05) is 5.69 Å². The van der Waals surface area contributed by atoms with Gasteiger partial charge in [-0.25, -0.2) is 9.07 Å². The number of benzene rings is 1. The van der Waals surface area contributed by atoms with Gasteiger partial charge in [0.05, 0.1) is 10.8 Å². The highest BCUT2D eigenvalue weighted by Gasteiger charge is 2.08. The third-order valence-corrected chi connectivity index (χ3v) is 3.32. The summed E-state index contributed by atoms with van der Waals surface area (Å²) < 4.78 is 14.1. The SMILES string of the molecule is Nn1cnnc1SCC(=O)Nc1ccc(F)c(Cl)c1. The summed E-state index contributed by atoms with van der Waals surface area (Å²) in [6.07, 6.45) is 1.33. The van der Waals surface area contributed by atoms with Crippen molar-refractivity contribution in [2.75, 3.05) is 16.9 Å². The highest BCUT2D eigenvalue weighted by atomic mass is 35.5. The maximum atomic E-state index is 12.9. The van der Waals surface area contributed by atoms with E-state index >= 15 is 0 Å². The summed E-state index contributed by atoms with van der Waals surface area (Å²) in [5, 5.41) is 10.3. The first-order valence-corrected chi connectivity index (χ1v) is 6.45. The van der Waals surface area contributed by atoms with E-state index in [0.717, 1.165) is 11.8 Å². The fourth-order valence-electron chi connectivity index (χ4n) is 1.24. The maximum absolute atomic E-state index is 12.9. The van der Waals surface area contributed by atoms with Crippen LogP contribution in [0.15, 0.2) is 29.7 Å². The number of halogens is 2. The molecule has 19 heavy (non-hydrogen) atoms. The molecule has 0 aliphatic rings. The predicted molar refractivity (Wildman–Crippen MR) is 70.9 cm³/mol. The molecule has 9 heteroatoms. The highest BCUT2D eigenvalue weighted by molar-refractivity contribution is 7.99. The Balaban J connectivity index is 1.91. The fourth-order valence-corrected chi connectivity index (χ4v) is 2.05. The lowest BCUT2D eigenvalue weighted by Gasteiger charge is -2.05. The van der Waals surface area contributed by atoms with Gasteiger partial charge in [-0.05, 0) is 18.2 Å². The number of amides is 1. The zero-order valence-electron chi connectivity index (χ0n) is 9.51. The molecule has 0 spiro atoms. The quantitative estimate of drug-likeness (QED) is 0.660. The van der Waals surface area contributed by atoms with Crippen molar-refractivity contribution in [2.45, 2.75) is 5.16 Å². The number of nitrogens with zero attached hydrogens (tertiary/aromatic N) is 3. The van der Waals surface area contributed by atoms with Gasteiger partial charge in [-0.2, -0.15) is 0 Å². The van der Waals surface area contributed by atoms with Crippen LogP contribution < -0.4 is 11.2 Å². The number of nitrogen functional groups attached to an aromatic ring is 1. The van der Waals surface area contributed by atoms with Gasteiger partial charge in [0.25, 0.3) is 0 Å². The van der Waals surface area contributed by atoms with Crippen molar-refractivity contribution >= 4 is 35.0 Å². The van der Waals surface area contributed by atoms with Crippen LogP contribution in [-0.4, -0.2) is 26.5 Å². The molecule has 0 aliphatic carbocycles. The average Bonchev–Trinajstić information content (AvgIpc) is 2.77. The van der Waals surface area contributed by atoms with Crippen molar-refractivity contribution in [2.24, 2.45) is 0 Å². The Morgan fingerprint density at radius 3 is 3.00 bits per heavy atom. The number of hydrogen-bond acceptors (Lipinski definition) is 5. The third-order valence-electron chi connectivity index (χ3n) is 2.08. The topological polar surface area (TPSA) is 85.8 Å². The van der Waals surface area contributed by atoms with Crippen LogP contribution in [-0.2, 0) is 4.79 Å². The third kappa shape index (κ3) is 3.58. The second kappa shape index (κ2) is 5.89. The number of rotatable bonds is 4. The van der Waals surface area contributed by atoms with Gasteiger partial charge in [0.1, 0.15) is 12.1 Å². The van der Waals surface area contributed by atoms with Crippen molar-refractivity contribution < 1.29 is 9.18 Å². The van der Waals surface area contributed by atoms with E-state index in [2.05, 4.69) is 15.5 Å². The number of nitrogens with two attached hydrogens (primary N) is 1. The monoisotopic (exact) mass is 301 g/mol. The first kappa shape index (κ1) is 13.6. The molecule has 0 saturated heterocycles. The van der Waals surface area contributed by atoms with Gasteiger partial charge in [-0.3, -0.25) is 4.79 Å². The Labute approximate surface area is 117 Å². The van der Waals surface area contributed by atoms with Gasteiger partial charge < -0.3 is 11.2 Å². The van der Waals surface area contributed by atoms with Gasteiger partial charge >= 0.3 is 0 Å². The molecule has 0 saturated carbocycles. The van der Waals surface area contributed by atoms with Crippen LogP contribution >= 0.6 is 23.4 Å². The maximum Gasteiger partial charge on any atom is 0.234 e. The molecule has 100 valence electrons. The van der Waals surface area contributed by atoms with Gasteiger partial charge in [-0.1, -0.05) is 23.4 Å². The second-order valence-electron chi connectivity index (χ2n) is 3.49. The van der Waals surface area contributed by atoms with Crippen LogP contribution in [0.1, 0.15) is 0 Å². The summed E-state index contributed by atoms with van der Waals surface area (Å²) in [4.78, 5) is 11.6. The molecule has 0 atom stereocenters. The Kier molecular flexibility index (Phi) is 4.23. The van der Waals surface area contributed by atoms with Crippen molar-refractivity contribution in [3.8, 4) is 0 Å². The van der Waals surface area contributed by atoms with Crippen LogP contribution in [0.5, 0.6) is 0 Å². The highest BCUT2D eigenvalue weighted by Crippen LogP contribution is 2.20. The van der Waals surface area contributed by atoms with E-state index in [1.165, 1.54) is 29.2 Å². The number of anilines is 1. The molecule has 0 bridgehead atoms. The van der Waals surface area contributed by atoms with E-state index in [1.54, 1.807) is 0 Å². The molecule has 2 rings (SSSR count). The second-order valence-corrected chi connectivity index (χ2v) is 4.84. The summed E-state index contributed by atoms with van der Waals surface area (Å²) in [7, 11) is 0. The summed E-state index contributed by atoms with van der Waals surface area (Å²) in [5.74, 6) is 4.78. The molecule has 3 N–H and O–H groups in total. The van der Waals surface area contributed by atoms with Gasteiger partial charge in [0.15, 0.2) is 0 Å². The molecule has 0 fully saturated rings. The first-order valence-electron chi connectivity index (χ1n) is 5.09. The van der Waals surface area contributed by atoms with E-state index in [0.29, 0.717) is 10.8 Å². The van der Waals surface area contributed by atoms with Crippen LogP contribution in [0.25, 0.3) is 0 Å². The molecule has 0 unspecified atom stereocenters. The van der Waals surface area contributed by atoms with Crippen LogP contribution in [0.4, 0.5) is 10.1 Å². The molecular weight excluding hydrogens is 293 g/mol. The standard InChI is InChI=1S/C10H9ClFN5OS/c11-7-3-6(1-2-8(7)12)15-9(18)4-19-10-16-14-5-17(10)13/h1-3,5H,4,13H2,(H,15,18). The molecule has 1 aromatic heterocycles. The number of aromatic nitrogens is 3. The summed E-state index contributed by atoms with van der Waals surface area (Å²) in [6.45, 7) is 0. The molecule has 2 aromatic rings. The molecule has 1 heterocycles. The van der Waals surface area contributed by atoms with E-state index < -0.39 is 5.82 Å². The van der Waals surface area contributed by atoms with Crippen molar-refractivity contribution in [3.63, 3.8) is 0 Å². The Morgan fingerprint density at radius 2 is 2.37 bits per heavy atom. The zero-order valence-corrected chi connectivity index (χ0v) is 11.1. The Hall–Kier alpha value is -1.80. The van der Waals surface area contributed by atoms with Crippen molar-refractivity contribution in [1.82, 2.24) is 14.9 Å². The van der Waals surface area contributed by atoms with E-state index in [1.807, 2.05) is 0 Å². The number of thioether (sulfide) groups is 1. The lowest BCUT2D eigenvalue weighted by atomic mass is 10.3. The average molecular weight is 302 g/mol. The summed E-state index contributed by atoms with van der Waals surface area (Å²) >= 11 is 6.74. The van der Waals surface area contributed by atoms with E-state index in [-0.39, 0.29) is 16.7 Å². The molecule has 6 nitrogen and oxygen atoms in total. The van der Waals surface area contributed by atoms with Crippen LogP contribution in [0, 0.1) is 5.82 Å². The molecule has 1 amide bonds. The minimum absolute atomic E-state index is 0.0489. The van der Waals surface area contributed by atoms with Crippen molar-refractivity contribution in [1.29, 1.82) is 0 Å². The zero-order chi connectivity index (χ0) is 13.8. The number of carbonyl (C=O) groups excluding carboxylic acids is 1. The van der Waals surface area contributed by atoms with Crippen LogP contribution in [0.3, 0.4) is 0 Å². The predicted octanol–water partition coefficient (Wildman–Crippen LogP) is 1.52. The Bertz CT molecular complexity index is 605. The normalized spacial score (nSPS) is 10.4. The lowest BCUT2D eigenvalue weighted by Crippen LogP contribution is -2.15.